The minimum Gasteiger partial charge on any atom is -0.511 e. The molecule has 0 bridgehead atoms. The normalized spacial score (nSPS) is 13.6. The van der Waals surface area contributed by atoms with E-state index in [1.165, 1.54) is 0 Å². The Labute approximate surface area is 94.1 Å². The van der Waals surface area contributed by atoms with Crippen LogP contribution in [-0.4, -0.2) is 5.11 Å². The summed E-state index contributed by atoms with van der Waals surface area (Å²) in [7, 11) is 0. The van der Waals surface area contributed by atoms with Gasteiger partial charge in [-0.25, -0.2) is 0 Å². The number of hydrogen-bond donors (Lipinski definition) is 1. The van der Waals surface area contributed by atoms with Gasteiger partial charge < -0.3 is 9.84 Å². The van der Waals surface area contributed by atoms with Gasteiger partial charge in [-0.1, -0.05) is 20.4 Å². The maximum Gasteiger partial charge on any atom is 0.106 e. The van der Waals surface area contributed by atoms with Gasteiger partial charge in [0.1, 0.15) is 11.5 Å². The lowest BCUT2D eigenvalue weighted by Crippen LogP contribution is -1.89. The SMILES string of the molecule is C=C(C)OC(=C/C(Br)=C(/O)CC)CC. The summed E-state index contributed by atoms with van der Waals surface area (Å²) in [4.78, 5) is 0. The molecule has 0 aromatic heterocycles. The van der Waals surface area contributed by atoms with Crippen molar-refractivity contribution in [1.82, 2.24) is 0 Å². The van der Waals surface area contributed by atoms with E-state index in [-0.39, 0.29) is 0 Å². The molecular weight excluding hydrogens is 244 g/mol. The van der Waals surface area contributed by atoms with Crippen LogP contribution in [0.1, 0.15) is 33.6 Å². The Kier molecular flexibility index (Phi) is 6.37. The van der Waals surface area contributed by atoms with Gasteiger partial charge in [-0.2, -0.15) is 0 Å². The van der Waals surface area contributed by atoms with E-state index in [0.717, 1.165) is 12.2 Å². The number of rotatable bonds is 5. The Balaban J connectivity index is 4.67. The van der Waals surface area contributed by atoms with Crippen molar-refractivity contribution < 1.29 is 9.84 Å². The lowest BCUT2D eigenvalue weighted by atomic mass is 10.3. The fourth-order valence-corrected chi connectivity index (χ4v) is 1.36. The molecule has 0 radical (unpaired) electrons. The summed E-state index contributed by atoms with van der Waals surface area (Å²) >= 11 is 3.28. The van der Waals surface area contributed by atoms with Crippen LogP contribution >= 0.6 is 15.9 Å². The van der Waals surface area contributed by atoms with E-state index in [1.54, 1.807) is 13.0 Å². The van der Waals surface area contributed by atoms with Crippen LogP contribution < -0.4 is 0 Å². The third-order valence-corrected chi connectivity index (χ3v) is 2.24. The topological polar surface area (TPSA) is 29.5 Å². The summed E-state index contributed by atoms with van der Waals surface area (Å²) in [6, 6.07) is 0. The average Bonchev–Trinajstić information content (AvgIpc) is 2.14. The van der Waals surface area contributed by atoms with Crippen molar-refractivity contribution in [2.75, 3.05) is 0 Å². The van der Waals surface area contributed by atoms with Gasteiger partial charge in [0.05, 0.1) is 10.2 Å². The first-order valence-electron chi connectivity index (χ1n) is 4.62. The fourth-order valence-electron chi connectivity index (χ4n) is 0.821. The van der Waals surface area contributed by atoms with Gasteiger partial charge in [-0.05, 0) is 28.9 Å². The summed E-state index contributed by atoms with van der Waals surface area (Å²) < 4.78 is 6.02. The van der Waals surface area contributed by atoms with Crippen LogP contribution in [0, 0.1) is 0 Å². The van der Waals surface area contributed by atoms with Crippen LogP contribution in [0.4, 0.5) is 0 Å². The van der Waals surface area contributed by atoms with Gasteiger partial charge in [-0.3, -0.25) is 0 Å². The molecule has 0 rings (SSSR count). The first kappa shape index (κ1) is 13.3. The molecule has 0 saturated carbocycles. The zero-order valence-electron chi connectivity index (χ0n) is 8.93. The lowest BCUT2D eigenvalue weighted by Gasteiger charge is -2.07. The predicted octanol–water partition coefficient (Wildman–Crippen LogP) is 4.41. The minimum atomic E-state index is 0.321. The summed E-state index contributed by atoms with van der Waals surface area (Å²) in [6.45, 7) is 9.32. The molecule has 0 heterocycles. The van der Waals surface area contributed by atoms with E-state index in [4.69, 9.17) is 4.74 Å². The van der Waals surface area contributed by atoms with E-state index in [1.807, 2.05) is 13.8 Å². The number of allylic oxidation sites excluding steroid dienone is 5. The van der Waals surface area contributed by atoms with Crippen molar-refractivity contribution in [2.24, 2.45) is 0 Å². The highest BCUT2D eigenvalue weighted by Gasteiger charge is 2.01. The largest absolute Gasteiger partial charge is 0.511 e. The molecule has 0 aliphatic carbocycles. The van der Waals surface area contributed by atoms with Gasteiger partial charge in [0.2, 0.25) is 0 Å². The molecule has 3 heteroatoms. The highest BCUT2D eigenvalue weighted by molar-refractivity contribution is 9.11. The average molecular weight is 261 g/mol. The Morgan fingerprint density at radius 3 is 2.36 bits per heavy atom. The second-order valence-corrected chi connectivity index (χ2v) is 3.77. The van der Waals surface area contributed by atoms with Gasteiger partial charge in [0.25, 0.3) is 0 Å². The number of halogens is 1. The number of ether oxygens (including phenoxy) is 1. The molecule has 0 aliphatic rings. The van der Waals surface area contributed by atoms with Crippen molar-refractivity contribution >= 4 is 15.9 Å². The van der Waals surface area contributed by atoms with Gasteiger partial charge in [0, 0.05) is 12.8 Å². The third kappa shape index (κ3) is 5.12. The molecule has 0 unspecified atom stereocenters. The quantitative estimate of drug-likeness (QED) is 0.587. The van der Waals surface area contributed by atoms with E-state index >= 15 is 0 Å². The van der Waals surface area contributed by atoms with E-state index in [2.05, 4.69) is 22.5 Å². The van der Waals surface area contributed by atoms with E-state index < -0.39 is 0 Å². The molecule has 1 N–H and O–H groups in total. The van der Waals surface area contributed by atoms with E-state index in [9.17, 15) is 5.11 Å². The maximum atomic E-state index is 9.42. The Morgan fingerprint density at radius 2 is 2.00 bits per heavy atom. The molecule has 14 heavy (non-hydrogen) atoms. The summed E-state index contributed by atoms with van der Waals surface area (Å²) in [5.41, 5.74) is 0. The second-order valence-electron chi connectivity index (χ2n) is 2.92. The predicted molar refractivity (Wildman–Crippen MR) is 63.1 cm³/mol. The molecule has 80 valence electrons. The number of aliphatic hydroxyl groups is 1. The fraction of sp³-hybridized carbons (Fsp3) is 0.455. The minimum absolute atomic E-state index is 0.321. The molecule has 2 nitrogen and oxygen atoms in total. The van der Waals surface area contributed by atoms with Gasteiger partial charge in [0.15, 0.2) is 0 Å². The Morgan fingerprint density at radius 1 is 1.43 bits per heavy atom. The lowest BCUT2D eigenvalue weighted by molar-refractivity contribution is 0.297. The second kappa shape index (κ2) is 6.71. The zero-order valence-corrected chi connectivity index (χ0v) is 10.5. The molecular formula is C11H17BrO2. The van der Waals surface area contributed by atoms with Crippen LogP contribution in [0.15, 0.2) is 34.4 Å². The van der Waals surface area contributed by atoms with Crippen LogP contribution in [0.2, 0.25) is 0 Å². The third-order valence-electron chi connectivity index (χ3n) is 1.55. The van der Waals surface area contributed by atoms with Gasteiger partial charge in [-0.15, -0.1) is 0 Å². The first-order valence-corrected chi connectivity index (χ1v) is 5.42. The molecule has 0 spiro atoms. The van der Waals surface area contributed by atoms with Crippen molar-refractivity contribution in [3.63, 3.8) is 0 Å². The molecule has 0 fully saturated rings. The Bertz CT molecular complexity index is 264. The van der Waals surface area contributed by atoms with Crippen molar-refractivity contribution in [3.05, 3.63) is 34.4 Å². The molecule has 0 atom stereocenters. The summed E-state index contributed by atoms with van der Waals surface area (Å²) in [5, 5.41) is 9.42. The standard InChI is InChI=1S/C11H17BrO2/c1-5-9(14-8(3)4)7-10(12)11(13)6-2/h7,13H,3,5-6H2,1-2,4H3/b9-7?,11-10-. The van der Waals surface area contributed by atoms with Crippen LogP contribution in [0.3, 0.4) is 0 Å². The number of aliphatic hydroxyl groups excluding tert-OH is 1. The van der Waals surface area contributed by atoms with Crippen LogP contribution in [-0.2, 0) is 4.74 Å². The Hall–Kier alpha value is -0.700. The van der Waals surface area contributed by atoms with E-state index in [0.29, 0.717) is 22.4 Å². The van der Waals surface area contributed by atoms with Crippen LogP contribution in [0.5, 0.6) is 0 Å². The van der Waals surface area contributed by atoms with Crippen LogP contribution in [0.25, 0.3) is 0 Å². The summed E-state index contributed by atoms with van der Waals surface area (Å²) in [5.74, 6) is 1.75. The molecule has 0 aliphatic heterocycles. The monoisotopic (exact) mass is 260 g/mol. The van der Waals surface area contributed by atoms with Crippen molar-refractivity contribution in [3.8, 4) is 0 Å². The smallest absolute Gasteiger partial charge is 0.106 e. The van der Waals surface area contributed by atoms with Crippen molar-refractivity contribution in [2.45, 2.75) is 33.6 Å². The summed E-state index contributed by atoms with van der Waals surface area (Å²) in [6.07, 6.45) is 3.13. The molecule has 0 amide bonds. The van der Waals surface area contributed by atoms with Gasteiger partial charge >= 0.3 is 0 Å². The molecule has 0 aromatic carbocycles. The number of hydrogen-bond acceptors (Lipinski definition) is 2. The first-order chi connectivity index (χ1) is 6.51. The molecule has 0 aromatic rings. The highest BCUT2D eigenvalue weighted by atomic mass is 79.9. The zero-order chi connectivity index (χ0) is 11.1. The van der Waals surface area contributed by atoms with Crippen molar-refractivity contribution in [1.29, 1.82) is 0 Å². The highest BCUT2D eigenvalue weighted by Crippen LogP contribution is 2.19. The maximum absolute atomic E-state index is 9.42. The molecule has 0 saturated heterocycles.